The third-order valence-electron chi connectivity index (χ3n) is 3.44. The van der Waals surface area contributed by atoms with Gasteiger partial charge in [-0.25, -0.2) is 0 Å². The van der Waals surface area contributed by atoms with Crippen molar-refractivity contribution in [2.75, 3.05) is 5.33 Å². The van der Waals surface area contributed by atoms with E-state index in [1.54, 1.807) is 0 Å². The molecular weight excluding hydrogens is 432 g/mol. The quantitative estimate of drug-likeness (QED) is 0.512. The van der Waals surface area contributed by atoms with E-state index in [9.17, 15) is 0 Å². The predicted octanol–water partition coefficient (Wildman–Crippen LogP) is 5.84. The van der Waals surface area contributed by atoms with E-state index < -0.39 is 0 Å². The highest BCUT2D eigenvalue weighted by atomic mass is 79.9. The van der Waals surface area contributed by atoms with Crippen molar-refractivity contribution < 1.29 is 0 Å². The molecule has 96 valence electrons. The van der Waals surface area contributed by atoms with Crippen molar-refractivity contribution in [3.8, 4) is 0 Å². The van der Waals surface area contributed by atoms with Crippen molar-refractivity contribution in [3.63, 3.8) is 0 Å². The van der Waals surface area contributed by atoms with Gasteiger partial charge in [0.15, 0.2) is 0 Å². The Morgan fingerprint density at radius 3 is 2.21 bits per heavy atom. The third kappa shape index (κ3) is 2.07. The average Bonchev–Trinajstić information content (AvgIpc) is 2.70. The molecule has 0 radical (unpaired) electrons. The van der Waals surface area contributed by atoms with Crippen LogP contribution in [0.3, 0.4) is 0 Å². The van der Waals surface area contributed by atoms with Gasteiger partial charge in [-0.1, -0.05) is 102 Å². The Hall–Kier alpha value is -0.380. The summed E-state index contributed by atoms with van der Waals surface area (Å²) < 4.78 is 1.01. The summed E-state index contributed by atoms with van der Waals surface area (Å²) in [4.78, 5) is 0. The van der Waals surface area contributed by atoms with Crippen molar-refractivity contribution >= 4 is 53.4 Å². The van der Waals surface area contributed by atoms with Gasteiger partial charge in [0.05, 0.1) is 4.32 Å². The molecule has 1 unspecified atom stereocenters. The van der Waals surface area contributed by atoms with Crippen LogP contribution >= 0.6 is 47.8 Å². The summed E-state index contributed by atoms with van der Waals surface area (Å²) in [5.41, 5.74) is 5.10. The molecule has 0 aliphatic heterocycles. The largest absolute Gasteiger partial charge is 0.0927 e. The molecule has 0 N–H and O–H groups in total. The van der Waals surface area contributed by atoms with Gasteiger partial charge in [-0.3, -0.25) is 0 Å². The molecule has 2 aromatic carbocycles. The number of hydrogen-bond donors (Lipinski definition) is 0. The maximum atomic E-state index is 3.90. The summed E-state index contributed by atoms with van der Waals surface area (Å²) in [6.07, 6.45) is 0. The molecule has 3 heteroatoms. The average molecular weight is 443 g/mol. The number of benzene rings is 2. The van der Waals surface area contributed by atoms with Gasteiger partial charge in [0, 0.05) is 15.4 Å². The second-order valence-corrected chi connectivity index (χ2v) is 7.24. The van der Waals surface area contributed by atoms with Crippen LogP contribution in [0.2, 0.25) is 0 Å². The summed E-state index contributed by atoms with van der Waals surface area (Å²) in [6.45, 7) is 0. The van der Waals surface area contributed by atoms with E-state index in [-0.39, 0.29) is 4.32 Å². The van der Waals surface area contributed by atoms with Gasteiger partial charge in [0.2, 0.25) is 0 Å². The van der Waals surface area contributed by atoms with Crippen LogP contribution in [0.15, 0.2) is 59.1 Å². The highest BCUT2D eigenvalue weighted by Crippen LogP contribution is 2.55. The minimum atomic E-state index is -0.172. The number of halogens is 3. The van der Waals surface area contributed by atoms with Crippen LogP contribution in [0.1, 0.15) is 16.7 Å². The van der Waals surface area contributed by atoms with Crippen molar-refractivity contribution in [3.05, 3.63) is 75.8 Å². The molecule has 3 rings (SSSR count). The van der Waals surface area contributed by atoms with E-state index in [2.05, 4.69) is 96.3 Å². The zero-order valence-electron chi connectivity index (χ0n) is 10.0. The lowest BCUT2D eigenvalue weighted by Crippen LogP contribution is -2.17. The Labute approximate surface area is 138 Å². The molecule has 1 aliphatic rings. The Morgan fingerprint density at radius 2 is 1.53 bits per heavy atom. The fourth-order valence-electron chi connectivity index (χ4n) is 2.50. The van der Waals surface area contributed by atoms with E-state index in [4.69, 9.17) is 0 Å². The molecular formula is C16H11Br3. The molecule has 0 saturated heterocycles. The molecule has 0 heterocycles. The van der Waals surface area contributed by atoms with Gasteiger partial charge < -0.3 is 0 Å². The topological polar surface area (TPSA) is 0 Å². The second kappa shape index (κ2) is 5.19. The third-order valence-corrected chi connectivity index (χ3v) is 7.74. The van der Waals surface area contributed by atoms with E-state index in [1.165, 1.54) is 26.7 Å². The Morgan fingerprint density at radius 1 is 0.895 bits per heavy atom. The van der Waals surface area contributed by atoms with Crippen molar-refractivity contribution in [1.82, 2.24) is 0 Å². The monoisotopic (exact) mass is 440 g/mol. The SMILES string of the molecule is BrCC1(Br)C(Br)=C(c2ccccc2)c2ccccc21. The summed E-state index contributed by atoms with van der Waals surface area (Å²) in [5.74, 6) is 0. The number of hydrogen-bond acceptors (Lipinski definition) is 0. The van der Waals surface area contributed by atoms with Gasteiger partial charge in [-0.15, -0.1) is 0 Å². The zero-order chi connectivity index (χ0) is 13.5. The zero-order valence-corrected chi connectivity index (χ0v) is 14.8. The standard InChI is InChI=1S/C16H11Br3/c17-10-16(19)13-9-5-4-8-12(13)14(15(16)18)11-6-2-1-3-7-11/h1-9H,10H2. The molecule has 0 spiro atoms. The van der Waals surface area contributed by atoms with Crippen LogP contribution in [0.25, 0.3) is 5.57 Å². The summed E-state index contributed by atoms with van der Waals surface area (Å²) >= 11 is 11.3. The minimum Gasteiger partial charge on any atom is -0.0905 e. The second-order valence-electron chi connectivity index (χ2n) is 4.54. The van der Waals surface area contributed by atoms with Gasteiger partial charge in [0.25, 0.3) is 0 Å². The number of alkyl halides is 2. The van der Waals surface area contributed by atoms with Gasteiger partial charge in [0.1, 0.15) is 0 Å². The van der Waals surface area contributed by atoms with Crippen molar-refractivity contribution in [2.45, 2.75) is 4.32 Å². The highest BCUT2D eigenvalue weighted by Gasteiger charge is 2.41. The van der Waals surface area contributed by atoms with Gasteiger partial charge in [-0.2, -0.15) is 0 Å². The highest BCUT2D eigenvalue weighted by molar-refractivity contribution is 9.14. The van der Waals surface area contributed by atoms with E-state index in [0.29, 0.717) is 0 Å². The van der Waals surface area contributed by atoms with Crippen molar-refractivity contribution in [2.24, 2.45) is 0 Å². The smallest absolute Gasteiger partial charge is 0.0905 e. The predicted molar refractivity (Wildman–Crippen MR) is 92.2 cm³/mol. The maximum Gasteiger partial charge on any atom is 0.0927 e. The minimum absolute atomic E-state index is 0.172. The molecule has 0 saturated carbocycles. The van der Waals surface area contributed by atoms with Gasteiger partial charge in [-0.05, 0) is 16.7 Å². The summed E-state index contributed by atoms with van der Waals surface area (Å²) in [5, 5.41) is 0.827. The lowest BCUT2D eigenvalue weighted by molar-refractivity contribution is 0.936. The first-order valence-electron chi connectivity index (χ1n) is 5.99. The van der Waals surface area contributed by atoms with Crippen LogP contribution in [0.4, 0.5) is 0 Å². The number of rotatable bonds is 2. The molecule has 1 atom stereocenters. The van der Waals surface area contributed by atoms with Crippen LogP contribution in [0, 0.1) is 0 Å². The fraction of sp³-hybridized carbons (Fsp3) is 0.125. The molecule has 1 aliphatic carbocycles. The van der Waals surface area contributed by atoms with E-state index >= 15 is 0 Å². The van der Waals surface area contributed by atoms with Crippen LogP contribution in [-0.2, 0) is 4.32 Å². The van der Waals surface area contributed by atoms with Crippen LogP contribution in [-0.4, -0.2) is 5.33 Å². The van der Waals surface area contributed by atoms with E-state index in [0.717, 1.165) is 5.33 Å². The van der Waals surface area contributed by atoms with Crippen LogP contribution in [0.5, 0.6) is 0 Å². The molecule has 0 fully saturated rings. The lowest BCUT2D eigenvalue weighted by Gasteiger charge is -2.21. The molecule has 19 heavy (non-hydrogen) atoms. The number of fused-ring (bicyclic) bond motifs is 1. The maximum absolute atomic E-state index is 3.90. The van der Waals surface area contributed by atoms with Crippen molar-refractivity contribution in [1.29, 1.82) is 0 Å². The van der Waals surface area contributed by atoms with Crippen LogP contribution < -0.4 is 0 Å². The Kier molecular flexibility index (Phi) is 3.71. The molecule has 0 amide bonds. The Balaban J connectivity index is 2.29. The summed E-state index contributed by atoms with van der Waals surface area (Å²) in [7, 11) is 0. The lowest BCUT2D eigenvalue weighted by atomic mass is 9.98. The molecule has 0 aromatic heterocycles. The van der Waals surface area contributed by atoms with Gasteiger partial charge >= 0.3 is 0 Å². The fourth-order valence-corrected chi connectivity index (χ4v) is 4.80. The normalized spacial score (nSPS) is 21.6. The number of allylic oxidation sites excluding steroid dienone is 1. The first kappa shape index (κ1) is 13.6. The summed E-state index contributed by atoms with van der Waals surface area (Å²) in [6, 6.07) is 19.1. The Bertz CT molecular complexity index is 646. The first-order valence-corrected chi connectivity index (χ1v) is 8.69. The first-order chi connectivity index (χ1) is 9.18. The molecule has 0 nitrogen and oxygen atoms in total. The molecule has 0 bridgehead atoms. The van der Waals surface area contributed by atoms with E-state index in [1.807, 2.05) is 6.07 Å². The molecule has 2 aromatic rings.